The Kier molecular flexibility index (Phi) is 14.1. The zero-order chi connectivity index (χ0) is 27.1. The molecule has 0 bridgehead atoms. The molecule has 0 aromatic heterocycles. The van der Waals surface area contributed by atoms with Crippen LogP contribution in [0.15, 0.2) is 30.3 Å². The maximum absolute atomic E-state index is 13.1. The fourth-order valence-electron chi connectivity index (χ4n) is 3.29. The standard InChI is InChI=1S/C23H36N6O6S/c24-11-5-4-8-16(21(32)29-18(13-36)23(34)35)28-22(33)17(9-10-19(26)30)27-20(31)15(25)12-14-6-2-1-3-7-14/h1-3,6-7,15-18,36H,4-5,8-13,24-25H2,(H2,26,30)(H,27,31)(H,28,33)(H,29,32)(H,34,35). The lowest BCUT2D eigenvalue weighted by Crippen LogP contribution is -2.57. The van der Waals surface area contributed by atoms with Gasteiger partial charge in [0.25, 0.3) is 0 Å². The highest BCUT2D eigenvalue weighted by Crippen LogP contribution is 2.07. The van der Waals surface area contributed by atoms with Gasteiger partial charge >= 0.3 is 5.97 Å². The number of nitrogens with two attached hydrogens (primary N) is 3. The van der Waals surface area contributed by atoms with E-state index in [1.807, 2.05) is 30.3 Å². The van der Waals surface area contributed by atoms with Crippen LogP contribution in [0.3, 0.4) is 0 Å². The van der Waals surface area contributed by atoms with Gasteiger partial charge in [-0.25, -0.2) is 4.79 Å². The molecule has 0 heterocycles. The van der Waals surface area contributed by atoms with E-state index in [0.29, 0.717) is 19.4 Å². The van der Waals surface area contributed by atoms with E-state index in [0.717, 1.165) is 5.56 Å². The Labute approximate surface area is 215 Å². The first-order valence-electron chi connectivity index (χ1n) is 11.6. The summed E-state index contributed by atoms with van der Waals surface area (Å²) >= 11 is 3.92. The van der Waals surface area contributed by atoms with Crippen molar-refractivity contribution in [3.63, 3.8) is 0 Å². The average molecular weight is 525 g/mol. The molecule has 0 aliphatic heterocycles. The van der Waals surface area contributed by atoms with E-state index in [4.69, 9.17) is 17.2 Å². The molecule has 4 unspecified atom stereocenters. The smallest absolute Gasteiger partial charge is 0.327 e. The number of carbonyl (C=O) groups is 5. The number of aliphatic carboxylic acids is 1. The zero-order valence-electron chi connectivity index (χ0n) is 20.0. The summed E-state index contributed by atoms with van der Waals surface area (Å²) in [4.78, 5) is 61.1. The number of hydrogen-bond acceptors (Lipinski definition) is 8. The second-order valence-electron chi connectivity index (χ2n) is 8.29. The van der Waals surface area contributed by atoms with Crippen molar-refractivity contribution in [2.24, 2.45) is 17.2 Å². The highest BCUT2D eigenvalue weighted by Gasteiger charge is 2.30. The third-order valence-electron chi connectivity index (χ3n) is 5.32. The molecule has 0 aliphatic carbocycles. The van der Waals surface area contributed by atoms with Gasteiger partial charge in [-0.2, -0.15) is 12.6 Å². The van der Waals surface area contributed by atoms with Crippen LogP contribution < -0.4 is 33.2 Å². The maximum atomic E-state index is 13.1. The van der Waals surface area contributed by atoms with E-state index in [2.05, 4.69) is 28.6 Å². The number of nitrogens with one attached hydrogen (secondary N) is 3. The molecule has 36 heavy (non-hydrogen) atoms. The Morgan fingerprint density at radius 1 is 0.861 bits per heavy atom. The summed E-state index contributed by atoms with van der Waals surface area (Å²) in [6, 6.07) is 4.54. The number of hydrogen-bond donors (Lipinski definition) is 8. The van der Waals surface area contributed by atoms with Crippen molar-refractivity contribution in [2.75, 3.05) is 12.3 Å². The molecule has 0 spiro atoms. The molecule has 0 fully saturated rings. The lowest BCUT2D eigenvalue weighted by atomic mass is 10.0. The molecule has 0 radical (unpaired) electrons. The normalized spacial score (nSPS) is 14.1. The molecule has 0 aliphatic rings. The Balaban J connectivity index is 2.96. The number of amides is 4. The first-order chi connectivity index (χ1) is 17.1. The first-order valence-corrected chi connectivity index (χ1v) is 12.2. The lowest BCUT2D eigenvalue weighted by Gasteiger charge is -2.25. The minimum atomic E-state index is -1.27. The molecule has 1 aromatic rings. The van der Waals surface area contributed by atoms with Crippen molar-refractivity contribution in [2.45, 2.75) is 62.7 Å². The van der Waals surface area contributed by atoms with Crippen molar-refractivity contribution >= 4 is 42.2 Å². The van der Waals surface area contributed by atoms with Crippen LogP contribution >= 0.6 is 12.6 Å². The number of thiol groups is 1. The molecule has 1 aromatic carbocycles. The first kappa shape index (κ1) is 30.9. The number of primary amides is 1. The van der Waals surface area contributed by atoms with E-state index < -0.39 is 53.8 Å². The molecular formula is C23H36N6O6S. The maximum Gasteiger partial charge on any atom is 0.327 e. The molecule has 0 saturated heterocycles. The minimum absolute atomic E-state index is 0.115. The van der Waals surface area contributed by atoms with Gasteiger partial charge in [-0.1, -0.05) is 30.3 Å². The Bertz CT molecular complexity index is 887. The molecule has 13 heteroatoms. The van der Waals surface area contributed by atoms with E-state index in [1.165, 1.54) is 0 Å². The summed E-state index contributed by atoms with van der Waals surface area (Å²) < 4.78 is 0. The molecule has 0 saturated carbocycles. The largest absolute Gasteiger partial charge is 0.480 e. The van der Waals surface area contributed by atoms with Gasteiger partial charge in [0, 0.05) is 12.2 Å². The van der Waals surface area contributed by atoms with Gasteiger partial charge in [0.15, 0.2) is 0 Å². The summed E-state index contributed by atoms with van der Waals surface area (Å²) in [5.74, 6) is -4.17. The fraction of sp³-hybridized carbons (Fsp3) is 0.522. The van der Waals surface area contributed by atoms with Crippen molar-refractivity contribution in [3.8, 4) is 0 Å². The predicted octanol–water partition coefficient (Wildman–Crippen LogP) is -1.58. The van der Waals surface area contributed by atoms with Crippen molar-refractivity contribution < 1.29 is 29.1 Å². The minimum Gasteiger partial charge on any atom is -0.480 e. The number of carbonyl (C=O) groups excluding carboxylic acids is 4. The number of benzene rings is 1. The second-order valence-corrected chi connectivity index (χ2v) is 8.66. The Hall–Kier alpha value is -3.16. The number of carboxylic acid groups (broad SMARTS) is 1. The Morgan fingerprint density at radius 2 is 1.42 bits per heavy atom. The molecule has 4 atom stereocenters. The van der Waals surface area contributed by atoms with Crippen LogP contribution in [-0.4, -0.2) is 71.2 Å². The van der Waals surface area contributed by atoms with Gasteiger partial charge in [-0.05, 0) is 44.2 Å². The highest BCUT2D eigenvalue weighted by atomic mass is 32.1. The summed E-state index contributed by atoms with van der Waals surface area (Å²) in [5, 5.41) is 16.6. The third-order valence-corrected chi connectivity index (χ3v) is 5.69. The fourth-order valence-corrected chi connectivity index (χ4v) is 3.53. The van der Waals surface area contributed by atoms with E-state index in [-0.39, 0.29) is 31.4 Å². The van der Waals surface area contributed by atoms with Gasteiger partial charge < -0.3 is 38.3 Å². The predicted molar refractivity (Wildman–Crippen MR) is 137 cm³/mol. The van der Waals surface area contributed by atoms with Crippen LogP contribution in [0.25, 0.3) is 0 Å². The summed E-state index contributed by atoms with van der Waals surface area (Å²) in [6.45, 7) is 0.368. The van der Waals surface area contributed by atoms with Gasteiger partial charge in [-0.3, -0.25) is 19.2 Å². The summed E-state index contributed by atoms with van der Waals surface area (Å²) in [6.07, 6.45) is 1.14. The van der Waals surface area contributed by atoms with E-state index in [9.17, 15) is 29.1 Å². The van der Waals surface area contributed by atoms with Crippen LogP contribution in [0.4, 0.5) is 0 Å². The molecule has 200 valence electrons. The van der Waals surface area contributed by atoms with Crippen molar-refractivity contribution in [1.82, 2.24) is 16.0 Å². The molecule has 10 N–H and O–H groups in total. The third kappa shape index (κ3) is 11.5. The lowest BCUT2D eigenvalue weighted by molar-refractivity contribution is -0.141. The van der Waals surface area contributed by atoms with E-state index in [1.54, 1.807) is 0 Å². The van der Waals surface area contributed by atoms with Gasteiger partial charge in [0.1, 0.15) is 18.1 Å². The number of unbranched alkanes of at least 4 members (excludes halogenated alkanes) is 1. The average Bonchev–Trinajstić information content (AvgIpc) is 2.84. The Morgan fingerprint density at radius 3 is 1.94 bits per heavy atom. The van der Waals surface area contributed by atoms with Crippen LogP contribution in [0.5, 0.6) is 0 Å². The molecule has 1 rings (SSSR count). The summed E-state index contributed by atoms with van der Waals surface area (Å²) in [7, 11) is 0. The highest BCUT2D eigenvalue weighted by molar-refractivity contribution is 7.80. The van der Waals surface area contributed by atoms with E-state index >= 15 is 0 Å². The van der Waals surface area contributed by atoms with Crippen LogP contribution in [0.2, 0.25) is 0 Å². The monoisotopic (exact) mass is 524 g/mol. The number of rotatable bonds is 17. The van der Waals surface area contributed by atoms with Gasteiger partial charge in [0.05, 0.1) is 6.04 Å². The zero-order valence-corrected chi connectivity index (χ0v) is 20.9. The molecule has 12 nitrogen and oxygen atoms in total. The second kappa shape index (κ2) is 16.5. The van der Waals surface area contributed by atoms with Gasteiger partial charge in [-0.15, -0.1) is 0 Å². The van der Waals surface area contributed by atoms with Crippen LogP contribution in [0, 0.1) is 0 Å². The van der Waals surface area contributed by atoms with Gasteiger partial charge in [0.2, 0.25) is 23.6 Å². The molecule has 4 amide bonds. The van der Waals surface area contributed by atoms with Crippen molar-refractivity contribution in [1.29, 1.82) is 0 Å². The number of carboxylic acids is 1. The molecular weight excluding hydrogens is 488 g/mol. The van der Waals surface area contributed by atoms with Crippen LogP contribution in [0.1, 0.15) is 37.7 Å². The summed E-state index contributed by atoms with van der Waals surface area (Å²) in [5.41, 5.74) is 17.6. The van der Waals surface area contributed by atoms with Crippen molar-refractivity contribution in [3.05, 3.63) is 35.9 Å². The topological polar surface area (TPSA) is 220 Å². The SMILES string of the molecule is NCCCCC(NC(=O)C(CCC(N)=O)NC(=O)C(N)Cc1ccccc1)C(=O)NC(CS)C(=O)O. The quantitative estimate of drug-likeness (QED) is 0.0875. The van der Waals surface area contributed by atoms with Crippen LogP contribution in [-0.2, 0) is 30.4 Å².